The molecule has 1 aliphatic rings. The lowest BCUT2D eigenvalue weighted by Crippen LogP contribution is -2.61. The second kappa shape index (κ2) is 62.8. The van der Waals surface area contributed by atoms with Crippen molar-refractivity contribution in [3.05, 3.63) is 97.2 Å². The number of esters is 1. The number of carbonyl (C=O) groups is 2. The molecule has 87 heavy (non-hydrogen) atoms. The molecule has 0 bridgehead atoms. The van der Waals surface area contributed by atoms with Crippen LogP contribution in [0.15, 0.2) is 97.2 Å². The summed E-state index contributed by atoms with van der Waals surface area (Å²) in [5.74, 6) is -1.24. The Labute approximate surface area is 533 Å². The molecule has 1 saturated heterocycles. The lowest BCUT2D eigenvalue weighted by Gasteiger charge is -2.41. The number of nitrogens with one attached hydrogen (secondary N) is 1. The summed E-state index contributed by atoms with van der Waals surface area (Å²) in [5.41, 5.74) is 0. The molecule has 0 aliphatic carbocycles. The second-order valence-corrected chi connectivity index (χ2v) is 24.6. The molecule has 0 radical (unpaired) electrons. The molecule has 502 valence electrons. The van der Waals surface area contributed by atoms with E-state index >= 15 is 0 Å². The highest BCUT2D eigenvalue weighted by Gasteiger charge is 2.47. The van der Waals surface area contributed by atoms with Crippen molar-refractivity contribution in [3.8, 4) is 0 Å². The third kappa shape index (κ3) is 50.0. The van der Waals surface area contributed by atoms with Crippen molar-refractivity contribution in [2.24, 2.45) is 0 Å². The third-order valence-electron chi connectivity index (χ3n) is 16.5. The minimum Gasteiger partial charge on any atom is -0.454 e. The summed E-state index contributed by atoms with van der Waals surface area (Å²) in [4.78, 5) is 26.7. The minimum absolute atomic E-state index is 0.116. The molecule has 1 fully saturated rings. The number of aliphatic hydroxyl groups is 5. The number of unbranched alkanes of at least 4 members (excludes halogenated alkanes) is 33. The maximum atomic E-state index is 13.5. The Morgan fingerprint density at radius 2 is 0.828 bits per heavy atom. The van der Waals surface area contributed by atoms with Gasteiger partial charge in [-0.1, -0.05) is 298 Å². The number of allylic oxidation sites excluding steroid dienone is 15. The van der Waals surface area contributed by atoms with Gasteiger partial charge in [0.2, 0.25) is 5.91 Å². The van der Waals surface area contributed by atoms with Crippen LogP contribution in [0.2, 0.25) is 0 Å². The number of rotatable bonds is 61. The van der Waals surface area contributed by atoms with E-state index in [9.17, 15) is 35.1 Å². The van der Waals surface area contributed by atoms with Crippen LogP contribution in [-0.4, -0.2) is 99.6 Å². The summed E-state index contributed by atoms with van der Waals surface area (Å²) in [7, 11) is 0. The molecule has 1 rings (SSSR count). The van der Waals surface area contributed by atoms with Gasteiger partial charge in [-0.15, -0.1) is 0 Å². The molecule has 1 heterocycles. The Balaban J connectivity index is 2.61. The van der Waals surface area contributed by atoms with Crippen molar-refractivity contribution in [3.63, 3.8) is 0 Å². The number of hydrogen-bond acceptors (Lipinski definition) is 10. The van der Waals surface area contributed by atoms with Crippen LogP contribution in [0.3, 0.4) is 0 Å². The van der Waals surface area contributed by atoms with Crippen LogP contribution < -0.4 is 5.32 Å². The van der Waals surface area contributed by atoms with Gasteiger partial charge in [-0.3, -0.25) is 9.59 Å². The largest absolute Gasteiger partial charge is 0.454 e. The summed E-state index contributed by atoms with van der Waals surface area (Å²) in [5, 5.41) is 57.2. The average molecular weight is 1220 g/mol. The third-order valence-corrected chi connectivity index (χ3v) is 16.5. The van der Waals surface area contributed by atoms with Gasteiger partial charge in [-0.05, 0) is 103 Å². The van der Waals surface area contributed by atoms with Gasteiger partial charge < -0.3 is 45.1 Å². The molecule has 8 atom stereocenters. The van der Waals surface area contributed by atoms with Crippen LogP contribution in [0.5, 0.6) is 0 Å². The van der Waals surface area contributed by atoms with Crippen LogP contribution in [0.4, 0.5) is 0 Å². The Morgan fingerprint density at radius 3 is 1.25 bits per heavy atom. The van der Waals surface area contributed by atoms with Gasteiger partial charge in [0.1, 0.15) is 24.4 Å². The first kappa shape index (κ1) is 81.6. The number of hydrogen-bond donors (Lipinski definition) is 6. The number of carbonyl (C=O) groups excluding carboxylic acids is 2. The van der Waals surface area contributed by atoms with Crippen molar-refractivity contribution < 1.29 is 49.3 Å². The van der Waals surface area contributed by atoms with Crippen LogP contribution >= 0.6 is 0 Å². The first-order valence-corrected chi connectivity index (χ1v) is 36.0. The van der Waals surface area contributed by atoms with E-state index in [-0.39, 0.29) is 19.4 Å². The highest BCUT2D eigenvalue weighted by Crippen LogP contribution is 2.26. The van der Waals surface area contributed by atoms with E-state index in [4.69, 9.17) is 14.2 Å². The van der Waals surface area contributed by atoms with Gasteiger partial charge in [0.05, 0.1) is 25.4 Å². The van der Waals surface area contributed by atoms with Crippen molar-refractivity contribution >= 4 is 11.9 Å². The highest BCUT2D eigenvalue weighted by molar-refractivity contribution is 5.80. The predicted molar refractivity (Wildman–Crippen MR) is 365 cm³/mol. The molecule has 0 aromatic rings. The van der Waals surface area contributed by atoms with E-state index < -0.39 is 67.4 Å². The second-order valence-electron chi connectivity index (χ2n) is 24.6. The topological polar surface area (TPSA) is 175 Å². The van der Waals surface area contributed by atoms with Gasteiger partial charge in [0.25, 0.3) is 0 Å². The quantitative estimate of drug-likeness (QED) is 0.0195. The Morgan fingerprint density at radius 1 is 0.460 bits per heavy atom. The van der Waals surface area contributed by atoms with Gasteiger partial charge in [-0.25, -0.2) is 0 Å². The zero-order valence-corrected chi connectivity index (χ0v) is 55.9. The monoisotopic (exact) mass is 1220 g/mol. The van der Waals surface area contributed by atoms with Crippen LogP contribution in [0.25, 0.3) is 0 Å². The lowest BCUT2D eigenvalue weighted by atomic mass is 9.99. The number of amides is 1. The molecule has 6 N–H and O–H groups in total. The normalized spacial score (nSPS) is 18.8. The SMILES string of the molecule is CC/C=C\C/C=C\C/C=C\C/C=C\C/C=C\C/C=C\CCCC(O)C(=O)NC(COC1OC(CO)C(O)C(O)C1OC(=O)CCCCCCCCCCCCCCCCC/C=C/CCCCCCCC)C(O)/C=C/CCCCCCCCCCCCC. The van der Waals surface area contributed by atoms with E-state index in [0.29, 0.717) is 19.3 Å². The summed E-state index contributed by atoms with van der Waals surface area (Å²) >= 11 is 0. The fourth-order valence-electron chi connectivity index (χ4n) is 10.8. The Hall–Kier alpha value is -3.42. The molecule has 0 saturated carbocycles. The van der Waals surface area contributed by atoms with Crippen molar-refractivity contribution in [1.82, 2.24) is 5.32 Å². The smallest absolute Gasteiger partial charge is 0.306 e. The van der Waals surface area contributed by atoms with Gasteiger partial charge in [0.15, 0.2) is 12.4 Å². The van der Waals surface area contributed by atoms with Crippen molar-refractivity contribution in [1.29, 1.82) is 0 Å². The zero-order valence-electron chi connectivity index (χ0n) is 55.9. The Bertz CT molecular complexity index is 1790. The molecule has 8 unspecified atom stereocenters. The number of ether oxygens (including phenoxy) is 3. The van der Waals surface area contributed by atoms with Crippen LogP contribution in [0, 0.1) is 0 Å². The summed E-state index contributed by atoms with van der Waals surface area (Å²) in [6.45, 7) is 5.68. The van der Waals surface area contributed by atoms with E-state index in [1.54, 1.807) is 6.08 Å². The van der Waals surface area contributed by atoms with Gasteiger partial charge >= 0.3 is 5.97 Å². The predicted octanol–water partition coefficient (Wildman–Crippen LogP) is 18.6. The fraction of sp³-hybridized carbons (Fsp3) is 0.763. The lowest BCUT2D eigenvalue weighted by molar-refractivity contribution is -0.305. The van der Waals surface area contributed by atoms with E-state index in [1.165, 1.54) is 173 Å². The molecule has 1 aliphatic heterocycles. The summed E-state index contributed by atoms with van der Waals surface area (Å²) < 4.78 is 17.7. The van der Waals surface area contributed by atoms with Crippen molar-refractivity contribution in [2.75, 3.05) is 13.2 Å². The standard InChI is InChI=1S/C76H133NO10/c1-4-7-10-13-16-19-22-25-27-29-31-33-34-35-36-37-39-41-43-46-49-52-55-58-61-64-71(81)87-74-73(83)72(82)70(65-78)86-76(74)85-66-67(68(79)62-59-56-53-50-47-44-24-21-18-15-12-9-6-3)77-75(84)69(80)63-60-57-54-51-48-45-42-40-38-32-30-28-26-23-20-17-14-11-8-5-2/h8,11,17,20,25-28,32,38,42,45,51,54,59,62,67-70,72-74,76,78-80,82-83H,4-7,9-10,12-16,18-19,21-24,29-31,33-37,39-41,43-44,46-50,52-53,55-58,60-61,63-66H2,1-3H3,(H,77,84)/b11-8-,20-17-,27-25+,28-26-,38-32-,45-42-,54-51-,62-59+. The Kier molecular flexibility index (Phi) is 58.9. The van der Waals surface area contributed by atoms with E-state index in [0.717, 1.165) is 83.5 Å². The fourth-order valence-corrected chi connectivity index (χ4v) is 10.8. The molecule has 0 aromatic carbocycles. The summed E-state index contributed by atoms with van der Waals surface area (Å²) in [6, 6.07) is -1.05. The van der Waals surface area contributed by atoms with Crippen LogP contribution in [0.1, 0.15) is 310 Å². The van der Waals surface area contributed by atoms with E-state index in [1.807, 2.05) is 12.2 Å². The molecule has 11 heteroatoms. The molecule has 1 amide bonds. The first-order chi connectivity index (χ1) is 42.7. The molecule has 11 nitrogen and oxygen atoms in total. The molecule has 0 aromatic heterocycles. The van der Waals surface area contributed by atoms with Gasteiger partial charge in [0, 0.05) is 6.42 Å². The first-order valence-electron chi connectivity index (χ1n) is 36.0. The minimum atomic E-state index is -1.63. The van der Waals surface area contributed by atoms with E-state index in [2.05, 4.69) is 105 Å². The highest BCUT2D eigenvalue weighted by atomic mass is 16.7. The van der Waals surface area contributed by atoms with Gasteiger partial charge in [-0.2, -0.15) is 0 Å². The molecular weight excluding hydrogens is 1090 g/mol. The maximum absolute atomic E-state index is 13.5. The molecule has 0 spiro atoms. The average Bonchev–Trinajstić information content (AvgIpc) is 1.52. The zero-order chi connectivity index (χ0) is 63.1. The number of aliphatic hydroxyl groups excluding tert-OH is 5. The summed E-state index contributed by atoms with van der Waals surface area (Å²) in [6.07, 6.45) is 74.5. The maximum Gasteiger partial charge on any atom is 0.306 e. The van der Waals surface area contributed by atoms with Crippen molar-refractivity contribution in [2.45, 2.75) is 359 Å². The van der Waals surface area contributed by atoms with Crippen LogP contribution in [-0.2, 0) is 23.8 Å². The molecular formula is C76H133NO10.